The molecule has 0 aromatic carbocycles. The van der Waals surface area contributed by atoms with Crippen LogP contribution in [0.2, 0.25) is 0 Å². The molecule has 29 heavy (non-hydrogen) atoms. The van der Waals surface area contributed by atoms with Crippen molar-refractivity contribution in [2.45, 2.75) is 117 Å². The number of aliphatic hydroxyl groups excluding tert-OH is 1. The van der Waals surface area contributed by atoms with Gasteiger partial charge in [0.2, 0.25) is 0 Å². The van der Waals surface area contributed by atoms with E-state index in [1.165, 1.54) is 57.8 Å². The molecule has 11 atom stereocenters. The quantitative estimate of drug-likeness (QED) is 0.536. The highest BCUT2D eigenvalue weighted by Crippen LogP contribution is 2.70. The zero-order chi connectivity index (χ0) is 20.6. The molecular weight excluding hydrogens is 356 g/mol. The molecule has 2 heteroatoms. The predicted octanol–water partition coefficient (Wildman–Crippen LogP) is 6.46. The number of hydrogen-bond donors (Lipinski definition) is 1. The molecular formula is C27H46O2. The second kappa shape index (κ2) is 7.22. The summed E-state index contributed by atoms with van der Waals surface area (Å²) in [6.07, 6.45) is 14.2. The van der Waals surface area contributed by atoms with Gasteiger partial charge in [-0.25, -0.2) is 0 Å². The molecule has 1 saturated heterocycles. The lowest BCUT2D eigenvalue weighted by atomic mass is 9.44. The Balaban J connectivity index is 1.31. The lowest BCUT2D eigenvalue weighted by Crippen LogP contribution is -2.57. The maximum absolute atomic E-state index is 10.4. The number of fused-ring (bicyclic) bond motifs is 7. The van der Waals surface area contributed by atoms with E-state index in [0.717, 1.165) is 41.9 Å². The van der Waals surface area contributed by atoms with E-state index in [2.05, 4.69) is 34.6 Å². The summed E-state index contributed by atoms with van der Waals surface area (Å²) >= 11 is 0. The molecule has 5 aliphatic rings. The van der Waals surface area contributed by atoms with Crippen molar-refractivity contribution < 1.29 is 9.84 Å². The molecule has 4 saturated carbocycles. The average Bonchev–Trinajstić information content (AvgIpc) is 3.40. The minimum atomic E-state index is -0.189. The lowest BCUT2D eigenvalue weighted by molar-refractivity contribution is -0.122. The minimum Gasteiger partial charge on any atom is -0.390 e. The topological polar surface area (TPSA) is 32.8 Å². The van der Waals surface area contributed by atoms with Crippen molar-refractivity contribution in [1.82, 2.24) is 0 Å². The normalized spacial score (nSPS) is 54.3. The average molecular weight is 403 g/mol. The van der Waals surface area contributed by atoms with Gasteiger partial charge in [-0.3, -0.25) is 0 Å². The van der Waals surface area contributed by atoms with E-state index < -0.39 is 0 Å². The molecule has 0 aromatic heterocycles. The van der Waals surface area contributed by atoms with Crippen LogP contribution in [0.5, 0.6) is 0 Å². The predicted molar refractivity (Wildman–Crippen MR) is 119 cm³/mol. The molecule has 166 valence electrons. The van der Waals surface area contributed by atoms with Crippen LogP contribution in [0.1, 0.15) is 98.8 Å². The molecule has 0 bridgehead atoms. The van der Waals surface area contributed by atoms with Crippen LogP contribution in [-0.4, -0.2) is 23.4 Å². The van der Waals surface area contributed by atoms with Gasteiger partial charge in [0.05, 0.1) is 12.2 Å². The summed E-state index contributed by atoms with van der Waals surface area (Å²) in [6.45, 7) is 12.6. The van der Waals surface area contributed by atoms with E-state index in [1.807, 2.05) is 0 Å². The highest BCUT2D eigenvalue weighted by molar-refractivity contribution is 5.17. The first-order chi connectivity index (χ1) is 13.8. The number of ether oxygens (including phenoxy) is 1. The number of epoxide rings is 1. The van der Waals surface area contributed by atoms with Crippen molar-refractivity contribution in [1.29, 1.82) is 0 Å². The Morgan fingerprint density at radius 3 is 2.52 bits per heavy atom. The lowest BCUT2D eigenvalue weighted by Gasteiger charge is -2.60. The maximum atomic E-state index is 10.4. The van der Waals surface area contributed by atoms with Gasteiger partial charge in [-0.05, 0) is 91.8 Å². The van der Waals surface area contributed by atoms with E-state index in [9.17, 15) is 5.11 Å². The van der Waals surface area contributed by atoms with Crippen LogP contribution < -0.4 is 0 Å². The van der Waals surface area contributed by atoms with Crippen molar-refractivity contribution in [2.75, 3.05) is 0 Å². The molecule has 2 nitrogen and oxygen atoms in total. The van der Waals surface area contributed by atoms with Crippen molar-refractivity contribution in [3.8, 4) is 0 Å². The van der Waals surface area contributed by atoms with Gasteiger partial charge in [0.25, 0.3) is 0 Å². The Hall–Kier alpha value is -0.0800. The first-order valence-corrected chi connectivity index (χ1v) is 13.1. The Morgan fingerprint density at radius 2 is 1.76 bits per heavy atom. The summed E-state index contributed by atoms with van der Waals surface area (Å²) in [5, 5.41) is 10.4. The fourth-order valence-corrected chi connectivity index (χ4v) is 9.65. The highest BCUT2D eigenvalue weighted by Gasteiger charge is 2.69. The summed E-state index contributed by atoms with van der Waals surface area (Å²) in [7, 11) is 0. The molecule has 1 aliphatic heterocycles. The van der Waals surface area contributed by atoms with Crippen molar-refractivity contribution in [2.24, 2.45) is 52.3 Å². The summed E-state index contributed by atoms with van der Waals surface area (Å²) in [4.78, 5) is 0. The maximum Gasteiger partial charge on any atom is 0.111 e. The number of rotatable bonds is 5. The second-order valence-electron chi connectivity index (χ2n) is 12.9. The van der Waals surface area contributed by atoms with Crippen LogP contribution in [0.25, 0.3) is 0 Å². The Morgan fingerprint density at radius 1 is 0.966 bits per heavy atom. The molecule has 0 aromatic rings. The fraction of sp³-hybridized carbons (Fsp3) is 1.00. The molecule has 4 aliphatic carbocycles. The Bertz CT molecular complexity index is 616. The Kier molecular flexibility index (Phi) is 5.18. The van der Waals surface area contributed by atoms with Crippen LogP contribution in [-0.2, 0) is 4.74 Å². The van der Waals surface area contributed by atoms with E-state index in [1.54, 1.807) is 0 Å². The van der Waals surface area contributed by atoms with Gasteiger partial charge >= 0.3 is 0 Å². The number of hydrogen-bond acceptors (Lipinski definition) is 2. The van der Waals surface area contributed by atoms with Gasteiger partial charge in [-0.2, -0.15) is 0 Å². The molecule has 5 rings (SSSR count). The Labute approximate surface area is 179 Å². The van der Waals surface area contributed by atoms with E-state index >= 15 is 0 Å². The van der Waals surface area contributed by atoms with Gasteiger partial charge in [0, 0.05) is 5.41 Å². The van der Waals surface area contributed by atoms with E-state index in [-0.39, 0.29) is 12.2 Å². The van der Waals surface area contributed by atoms with E-state index in [4.69, 9.17) is 4.74 Å². The van der Waals surface area contributed by atoms with Crippen LogP contribution >= 0.6 is 0 Å². The molecule has 0 spiro atoms. The second-order valence-corrected chi connectivity index (χ2v) is 12.9. The molecule has 0 amide bonds. The highest BCUT2D eigenvalue weighted by atomic mass is 16.6. The summed E-state index contributed by atoms with van der Waals surface area (Å²) < 4.78 is 6.12. The monoisotopic (exact) mass is 402 g/mol. The van der Waals surface area contributed by atoms with Crippen molar-refractivity contribution in [3.05, 3.63) is 0 Å². The largest absolute Gasteiger partial charge is 0.390 e. The molecule has 5 fully saturated rings. The zero-order valence-corrected chi connectivity index (χ0v) is 19.7. The van der Waals surface area contributed by atoms with Crippen molar-refractivity contribution >= 4 is 0 Å². The van der Waals surface area contributed by atoms with Crippen LogP contribution in [0.4, 0.5) is 0 Å². The first kappa shape index (κ1) is 20.8. The minimum absolute atomic E-state index is 0.167. The zero-order valence-electron chi connectivity index (χ0n) is 19.7. The third-order valence-corrected chi connectivity index (χ3v) is 11.2. The van der Waals surface area contributed by atoms with Gasteiger partial charge in [-0.1, -0.05) is 53.9 Å². The summed E-state index contributed by atoms with van der Waals surface area (Å²) in [5.41, 5.74) is 0.925. The van der Waals surface area contributed by atoms with Gasteiger partial charge in [-0.15, -0.1) is 0 Å². The summed E-state index contributed by atoms with van der Waals surface area (Å²) in [6, 6.07) is 0. The first-order valence-electron chi connectivity index (χ1n) is 13.1. The standard InChI is InChI=1S/C27H46O2/c1-16(2)7-6-8-17(3)20-11-12-21-19-10-9-18-15-23(28)24-25(29-24)27(18,5)22(19)13-14-26(20,21)4/h16-25,28H,6-15H2,1-5H3/t17?,18?,19-,20+,21-,22-,23+,24+,25?,26+,27-/m0/s1. The third-order valence-electron chi connectivity index (χ3n) is 11.2. The molecule has 1 N–H and O–H groups in total. The SMILES string of the molecule is CC(C)CCCC(C)[C@H]1CC[C@H]2[C@@H]3CCC4C[C@@H](O)[C@H]5OC5[C@]4(C)[C@H]3CC[C@]12C. The smallest absolute Gasteiger partial charge is 0.111 e. The third kappa shape index (κ3) is 3.09. The number of aliphatic hydroxyl groups is 1. The molecule has 3 unspecified atom stereocenters. The van der Waals surface area contributed by atoms with Gasteiger partial charge in [0.15, 0.2) is 0 Å². The van der Waals surface area contributed by atoms with Crippen LogP contribution in [0.3, 0.4) is 0 Å². The van der Waals surface area contributed by atoms with Crippen LogP contribution in [0, 0.1) is 52.3 Å². The van der Waals surface area contributed by atoms with E-state index in [0.29, 0.717) is 22.9 Å². The molecule has 0 radical (unpaired) electrons. The fourth-order valence-electron chi connectivity index (χ4n) is 9.65. The summed E-state index contributed by atoms with van der Waals surface area (Å²) in [5.74, 6) is 6.10. The van der Waals surface area contributed by atoms with Gasteiger partial charge in [0.1, 0.15) is 6.10 Å². The van der Waals surface area contributed by atoms with Crippen LogP contribution in [0.15, 0.2) is 0 Å². The molecule has 1 heterocycles. The van der Waals surface area contributed by atoms with Crippen molar-refractivity contribution in [3.63, 3.8) is 0 Å². The van der Waals surface area contributed by atoms with Gasteiger partial charge < -0.3 is 9.84 Å².